The van der Waals surface area contributed by atoms with Crippen LogP contribution in [-0.4, -0.2) is 13.4 Å². The molecule has 0 unspecified atom stereocenters. The lowest BCUT2D eigenvalue weighted by Crippen LogP contribution is -2.14. The number of ether oxygens (including phenoxy) is 1. The fourth-order valence-electron chi connectivity index (χ4n) is 2.87. The maximum Gasteiger partial charge on any atom is 0.261 e. The molecule has 0 aliphatic heterocycles. The van der Waals surface area contributed by atoms with E-state index in [0.29, 0.717) is 17.0 Å². The summed E-state index contributed by atoms with van der Waals surface area (Å²) >= 11 is 0. The SMILES string of the molecule is O=S(=O)(Nc1ccccc1COc1ccc2ncccc2c1)c1ccc(F)cc1. The lowest BCUT2D eigenvalue weighted by Gasteiger charge is -2.14. The molecule has 3 aromatic carbocycles. The van der Waals surface area contributed by atoms with Crippen LogP contribution in [0.3, 0.4) is 0 Å². The molecule has 0 amide bonds. The Kier molecular flexibility index (Phi) is 5.14. The Balaban J connectivity index is 1.54. The van der Waals surface area contributed by atoms with Crippen LogP contribution in [0, 0.1) is 5.82 Å². The molecule has 0 radical (unpaired) electrons. The van der Waals surface area contributed by atoms with Crippen LogP contribution in [0.25, 0.3) is 10.9 Å². The Hall–Kier alpha value is -3.45. The average Bonchev–Trinajstić information content (AvgIpc) is 2.73. The molecule has 7 heteroatoms. The fraction of sp³-hybridized carbons (Fsp3) is 0.0455. The van der Waals surface area contributed by atoms with Crippen LogP contribution in [0.4, 0.5) is 10.1 Å². The highest BCUT2D eigenvalue weighted by atomic mass is 32.2. The molecule has 0 saturated carbocycles. The van der Waals surface area contributed by atoms with Crippen molar-refractivity contribution in [2.75, 3.05) is 4.72 Å². The van der Waals surface area contributed by atoms with Crippen molar-refractivity contribution in [3.63, 3.8) is 0 Å². The van der Waals surface area contributed by atoms with Crippen molar-refractivity contribution in [2.24, 2.45) is 0 Å². The molecule has 0 fully saturated rings. The zero-order valence-corrected chi connectivity index (χ0v) is 16.1. The van der Waals surface area contributed by atoms with Gasteiger partial charge in [0.05, 0.1) is 16.1 Å². The van der Waals surface area contributed by atoms with E-state index in [1.807, 2.05) is 30.3 Å². The molecule has 0 atom stereocenters. The smallest absolute Gasteiger partial charge is 0.261 e. The van der Waals surface area contributed by atoms with E-state index in [2.05, 4.69) is 9.71 Å². The van der Waals surface area contributed by atoms with E-state index in [1.165, 1.54) is 12.1 Å². The maximum atomic E-state index is 13.1. The number of aromatic nitrogens is 1. The number of sulfonamides is 1. The largest absolute Gasteiger partial charge is 0.489 e. The maximum absolute atomic E-state index is 13.1. The predicted molar refractivity (Wildman–Crippen MR) is 110 cm³/mol. The van der Waals surface area contributed by atoms with Crippen LogP contribution < -0.4 is 9.46 Å². The van der Waals surface area contributed by atoms with Gasteiger partial charge in [0.2, 0.25) is 0 Å². The van der Waals surface area contributed by atoms with E-state index >= 15 is 0 Å². The number of halogens is 1. The number of hydrogen-bond donors (Lipinski definition) is 1. The monoisotopic (exact) mass is 408 g/mol. The standard InChI is InChI=1S/C22H17FN2O3S/c23-18-7-10-20(11-8-18)29(26,27)25-22-6-2-1-4-17(22)15-28-19-9-12-21-16(14-19)5-3-13-24-21/h1-14,25H,15H2. The summed E-state index contributed by atoms with van der Waals surface area (Å²) in [6, 6.07) is 21.0. The topological polar surface area (TPSA) is 68.3 Å². The van der Waals surface area contributed by atoms with Crippen LogP contribution >= 0.6 is 0 Å². The minimum atomic E-state index is -3.84. The number of para-hydroxylation sites is 1. The summed E-state index contributed by atoms with van der Waals surface area (Å²) < 4.78 is 46.7. The second-order valence-electron chi connectivity index (χ2n) is 6.36. The summed E-state index contributed by atoms with van der Waals surface area (Å²) in [4.78, 5) is 4.26. The van der Waals surface area contributed by atoms with Crippen LogP contribution in [0.1, 0.15) is 5.56 Å². The Bertz CT molecular complexity index is 1260. The molecular weight excluding hydrogens is 391 g/mol. The zero-order valence-electron chi connectivity index (χ0n) is 15.2. The number of benzene rings is 3. The first-order valence-electron chi connectivity index (χ1n) is 8.85. The van der Waals surface area contributed by atoms with Crippen molar-refractivity contribution in [3.05, 3.63) is 96.4 Å². The lowest BCUT2D eigenvalue weighted by molar-refractivity contribution is 0.307. The van der Waals surface area contributed by atoms with Gasteiger partial charge in [-0.3, -0.25) is 9.71 Å². The quantitative estimate of drug-likeness (QED) is 0.500. The summed E-state index contributed by atoms with van der Waals surface area (Å²) in [6.07, 6.45) is 1.73. The number of fused-ring (bicyclic) bond motifs is 1. The van der Waals surface area contributed by atoms with E-state index in [9.17, 15) is 12.8 Å². The molecule has 1 aromatic heterocycles. The van der Waals surface area contributed by atoms with E-state index in [1.54, 1.807) is 30.5 Å². The number of anilines is 1. The molecule has 0 saturated heterocycles. The first kappa shape index (κ1) is 18.9. The highest BCUT2D eigenvalue weighted by Gasteiger charge is 2.16. The van der Waals surface area contributed by atoms with E-state index in [4.69, 9.17) is 4.74 Å². The molecule has 29 heavy (non-hydrogen) atoms. The van der Waals surface area contributed by atoms with E-state index in [0.717, 1.165) is 23.0 Å². The van der Waals surface area contributed by atoms with Gasteiger partial charge < -0.3 is 4.74 Å². The van der Waals surface area contributed by atoms with Gasteiger partial charge in [0.25, 0.3) is 10.0 Å². The van der Waals surface area contributed by atoms with Gasteiger partial charge in [-0.2, -0.15) is 0 Å². The molecular formula is C22H17FN2O3S. The highest BCUT2D eigenvalue weighted by Crippen LogP contribution is 2.24. The van der Waals surface area contributed by atoms with Crippen molar-refractivity contribution in [2.45, 2.75) is 11.5 Å². The minimum Gasteiger partial charge on any atom is -0.489 e. The van der Waals surface area contributed by atoms with Crippen molar-refractivity contribution in [1.29, 1.82) is 0 Å². The number of hydrogen-bond acceptors (Lipinski definition) is 4. The summed E-state index contributed by atoms with van der Waals surface area (Å²) in [6.45, 7) is 0.174. The predicted octanol–water partition coefficient (Wildman–Crippen LogP) is 4.75. The van der Waals surface area contributed by atoms with Gasteiger partial charge in [-0.05, 0) is 54.6 Å². The Labute approximate surface area is 167 Å². The molecule has 146 valence electrons. The summed E-state index contributed by atoms with van der Waals surface area (Å²) in [5.41, 5.74) is 1.94. The lowest BCUT2D eigenvalue weighted by atomic mass is 10.2. The molecule has 0 aliphatic carbocycles. The van der Waals surface area contributed by atoms with Gasteiger partial charge in [0, 0.05) is 17.1 Å². The van der Waals surface area contributed by atoms with Gasteiger partial charge in [-0.25, -0.2) is 12.8 Å². The van der Waals surface area contributed by atoms with Gasteiger partial charge in [0.15, 0.2) is 0 Å². The molecule has 1 heterocycles. The Morgan fingerprint density at radius 1 is 0.931 bits per heavy atom. The van der Waals surface area contributed by atoms with Gasteiger partial charge >= 0.3 is 0 Å². The van der Waals surface area contributed by atoms with Gasteiger partial charge in [0.1, 0.15) is 18.2 Å². The second-order valence-corrected chi connectivity index (χ2v) is 8.05. The van der Waals surface area contributed by atoms with Crippen LogP contribution in [-0.2, 0) is 16.6 Å². The van der Waals surface area contributed by atoms with Crippen LogP contribution in [0.5, 0.6) is 5.75 Å². The second kappa shape index (κ2) is 7.89. The molecule has 4 rings (SSSR count). The summed E-state index contributed by atoms with van der Waals surface area (Å²) in [5, 5.41) is 0.954. The molecule has 4 aromatic rings. The van der Waals surface area contributed by atoms with Crippen LogP contribution in [0.2, 0.25) is 0 Å². The van der Waals surface area contributed by atoms with Crippen molar-refractivity contribution < 1.29 is 17.5 Å². The van der Waals surface area contributed by atoms with Gasteiger partial charge in [-0.1, -0.05) is 24.3 Å². The third-order valence-electron chi connectivity index (χ3n) is 4.35. The molecule has 0 aliphatic rings. The fourth-order valence-corrected chi connectivity index (χ4v) is 3.97. The van der Waals surface area contributed by atoms with Crippen LogP contribution in [0.15, 0.2) is 90.0 Å². The summed E-state index contributed by atoms with van der Waals surface area (Å²) in [5.74, 6) is 0.157. The Morgan fingerprint density at radius 3 is 2.55 bits per heavy atom. The zero-order chi connectivity index (χ0) is 20.3. The van der Waals surface area contributed by atoms with E-state index in [-0.39, 0.29) is 11.5 Å². The van der Waals surface area contributed by atoms with Crippen molar-refractivity contribution in [1.82, 2.24) is 4.98 Å². The molecule has 5 nitrogen and oxygen atoms in total. The average molecular weight is 408 g/mol. The van der Waals surface area contributed by atoms with Crippen molar-refractivity contribution in [3.8, 4) is 5.75 Å². The highest BCUT2D eigenvalue weighted by molar-refractivity contribution is 7.92. The number of rotatable bonds is 6. The molecule has 0 spiro atoms. The minimum absolute atomic E-state index is 0.0170. The molecule has 0 bridgehead atoms. The number of nitrogens with one attached hydrogen (secondary N) is 1. The van der Waals surface area contributed by atoms with Gasteiger partial charge in [-0.15, -0.1) is 0 Å². The van der Waals surface area contributed by atoms with Crippen molar-refractivity contribution >= 4 is 26.6 Å². The first-order valence-corrected chi connectivity index (χ1v) is 10.3. The number of pyridine rings is 1. The van der Waals surface area contributed by atoms with E-state index < -0.39 is 15.8 Å². The number of nitrogens with zero attached hydrogens (tertiary/aromatic N) is 1. The third-order valence-corrected chi connectivity index (χ3v) is 5.74. The Morgan fingerprint density at radius 2 is 1.72 bits per heavy atom. The third kappa shape index (κ3) is 4.35. The summed E-state index contributed by atoms with van der Waals surface area (Å²) in [7, 11) is -3.84. The first-order chi connectivity index (χ1) is 14.0. The normalized spacial score (nSPS) is 11.3. The molecule has 1 N–H and O–H groups in total.